The molecule has 1 aromatic carbocycles. The number of anilines is 2. The van der Waals surface area contributed by atoms with Crippen LogP contribution in [0, 0.1) is 0 Å². The van der Waals surface area contributed by atoms with Gasteiger partial charge in [0.2, 0.25) is 5.28 Å². The van der Waals surface area contributed by atoms with Gasteiger partial charge in [-0.25, -0.2) is 9.36 Å². The van der Waals surface area contributed by atoms with E-state index in [1.54, 1.807) is 25.7 Å². The molecule has 0 saturated heterocycles. The van der Waals surface area contributed by atoms with E-state index >= 15 is 0 Å². The molecule has 0 saturated carbocycles. The molecule has 0 radical (unpaired) electrons. The zero-order chi connectivity index (χ0) is 17.3. The van der Waals surface area contributed by atoms with Crippen molar-refractivity contribution < 1.29 is 4.57 Å². The van der Waals surface area contributed by atoms with E-state index in [0.29, 0.717) is 10.3 Å². The lowest BCUT2D eigenvalue weighted by atomic mass is 10.1. The Morgan fingerprint density at radius 1 is 1.25 bits per heavy atom. The van der Waals surface area contributed by atoms with Crippen LogP contribution < -0.4 is 10.6 Å². The molecule has 9 heteroatoms. The van der Waals surface area contributed by atoms with Crippen LogP contribution in [-0.2, 0) is 4.57 Å². The van der Waals surface area contributed by atoms with Gasteiger partial charge in [-0.15, -0.1) is 0 Å². The maximum absolute atomic E-state index is 12.8. The largest absolute Gasteiger partial charge is 0.339 e. The molecular weight excluding hydrogens is 431 g/mol. The van der Waals surface area contributed by atoms with Gasteiger partial charge in [-0.05, 0) is 70.1 Å². The fourth-order valence-corrected chi connectivity index (χ4v) is 4.30. The molecule has 0 atom stereocenters. The Morgan fingerprint density at radius 3 is 2.71 bits per heavy atom. The molecule has 0 fully saturated rings. The number of nitrogens with one attached hydrogen (secondary N) is 1. The first-order valence-electron chi connectivity index (χ1n) is 6.89. The van der Waals surface area contributed by atoms with Gasteiger partial charge in [-0.1, -0.05) is 6.07 Å². The van der Waals surface area contributed by atoms with Gasteiger partial charge in [0.15, 0.2) is 0 Å². The van der Waals surface area contributed by atoms with Gasteiger partial charge in [-0.2, -0.15) is 4.98 Å². The molecule has 0 unspecified atom stereocenters. The van der Waals surface area contributed by atoms with Crippen LogP contribution >= 0.6 is 46.2 Å². The monoisotopic (exact) mass is 442 g/mol. The van der Waals surface area contributed by atoms with Crippen molar-refractivity contribution in [3.8, 4) is 11.1 Å². The van der Waals surface area contributed by atoms with Crippen molar-refractivity contribution in [2.24, 2.45) is 0 Å². The minimum Gasteiger partial charge on any atom is -0.339 e. The SMILES string of the molecule is CP(C)(=O)c1cc(-c2cnsc2)ccc1Nc1nc(Cl)ncc1Br. The second kappa shape index (κ2) is 6.92. The lowest BCUT2D eigenvalue weighted by Gasteiger charge is -2.16. The predicted molar refractivity (Wildman–Crippen MR) is 105 cm³/mol. The van der Waals surface area contributed by atoms with Crippen LogP contribution in [0.3, 0.4) is 0 Å². The molecule has 0 spiro atoms. The van der Waals surface area contributed by atoms with Crippen LogP contribution in [0.2, 0.25) is 5.28 Å². The van der Waals surface area contributed by atoms with Gasteiger partial charge in [0, 0.05) is 28.6 Å². The summed E-state index contributed by atoms with van der Waals surface area (Å²) < 4.78 is 17.6. The van der Waals surface area contributed by atoms with E-state index in [0.717, 1.165) is 22.1 Å². The number of hydrogen-bond acceptors (Lipinski definition) is 6. The lowest BCUT2D eigenvalue weighted by Crippen LogP contribution is -2.11. The highest BCUT2D eigenvalue weighted by molar-refractivity contribution is 9.10. The summed E-state index contributed by atoms with van der Waals surface area (Å²) in [5.41, 5.74) is 2.71. The summed E-state index contributed by atoms with van der Waals surface area (Å²) >= 11 is 10.6. The summed E-state index contributed by atoms with van der Waals surface area (Å²) in [6, 6.07) is 5.79. The van der Waals surface area contributed by atoms with E-state index < -0.39 is 7.14 Å². The number of aromatic nitrogens is 3. The normalized spacial score (nSPS) is 11.5. The quantitative estimate of drug-likeness (QED) is 0.453. The van der Waals surface area contributed by atoms with E-state index in [1.165, 1.54) is 11.5 Å². The number of nitrogens with zero attached hydrogens (tertiary/aromatic N) is 3. The molecule has 0 aliphatic heterocycles. The molecule has 0 aliphatic carbocycles. The standard InChI is InChI=1S/C15H13BrClN4OPS/c1-23(2,22)13-5-9(10-6-19-24-8-10)3-4-12(13)20-14-11(16)7-18-15(17)21-14/h3-8H,1-2H3,(H,18,20,21). The molecule has 0 amide bonds. The maximum Gasteiger partial charge on any atom is 0.224 e. The second-order valence-electron chi connectivity index (χ2n) is 5.46. The van der Waals surface area contributed by atoms with Crippen molar-refractivity contribution in [1.29, 1.82) is 0 Å². The summed E-state index contributed by atoms with van der Waals surface area (Å²) in [5, 5.41) is 6.04. The van der Waals surface area contributed by atoms with Crippen LogP contribution in [0.1, 0.15) is 0 Å². The van der Waals surface area contributed by atoms with Gasteiger partial charge < -0.3 is 9.88 Å². The first-order valence-corrected chi connectivity index (χ1v) is 11.5. The fourth-order valence-electron chi connectivity index (χ4n) is 2.17. The Kier molecular flexibility index (Phi) is 5.06. The minimum absolute atomic E-state index is 0.138. The van der Waals surface area contributed by atoms with Crippen molar-refractivity contribution in [1.82, 2.24) is 14.3 Å². The van der Waals surface area contributed by atoms with Gasteiger partial charge >= 0.3 is 0 Å². The molecule has 2 heterocycles. The van der Waals surface area contributed by atoms with Crippen LogP contribution in [0.4, 0.5) is 11.5 Å². The van der Waals surface area contributed by atoms with Crippen molar-refractivity contribution in [2.75, 3.05) is 18.6 Å². The summed E-state index contributed by atoms with van der Waals surface area (Å²) in [6.07, 6.45) is 3.37. The van der Waals surface area contributed by atoms with E-state index in [4.69, 9.17) is 11.6 Å². The first kappa shape index (κ1) is 17.5. The predicted octanol–water partition coefficient (Wildman–Crippen LogP) is 5.01. The number of hydrogen-bond donors (Lipinski definition) is 1. The third kappa shape index (κ3) is 3.86. The zero-order valence-corrected chi connectivity index (χ0v) is 16.9. The van der Waals surface area contributed by atoms with Gasteiger partial charge in [-0.3, -0.25) is 0 Å². The smallest absolute Gasteiger partial charge is 0.224 e. The average Bonchev–Trinajstić information content (AvgIpc) is 3.04. The topological polar surface area (TPSA) is 67.8 Å². The Bertz CT molecular complexity index is 929. The first-order chi connectivity index (χ1) is 11.3. The second-order valence-corrected chi connectivity index (χ2v) is 10.5. The molecule has 24 heavy (non-hydrogen) atoms. The molecule has 0 bridgehead atoms. The van der Waals surface area contributed by atoms with Gasteiger partial charge in [0.1, 0.15) is 13.0 Å². The molecule has 1 N–H and O–H groups in total. The Labute approximate surface area is 157 Å². The van der Waals surface area contributed by atoms with E-state index in [-0.39, 0.29) is 5.28 Å². The summed E-state index contributed by atoms with van der Waals surface area (Å²) in [4.78, 5) is 8.07. The highest BCUT2D eigenvalue weighted by atomic mass is 79.9. The molecule has 5 nitrogen and oxygen atoms in total. The highest BCUT2D eigenvalue weighted by Gasteiger charge is 2.19. The number of halogens is 2. The fraction of sp³-hybridized carbons (Fsp3) is 0.133. The van der Waals surface area contributed by atoms with E-state index in [1.807, 2.05) is 23.6 Å². The Morgan fingerprint density at radius 2 is 2.04 bits per heavy atom. The number of benzene rings is 1. The Balaban J connectivity index is 2.07. The van der Waals surface area contributed by atoms with Crippen molar-refractivity contribution >= 4 is 63.0 Å². The zero-order valence-electron chi connectivity index (χ0n) is 12.8. The summed E-state index contributed by atoms with van der Waals surface area (Å²) in [6.45, 7) is 3.48. The molecule has 0 aliphatic rings. The van der Waals surface area contributed by atoms with E-state index in [9.17, 15) is 4.57 Å². The van der Waals surface area contributed by atoms with Crippen LogP contribution in [0.5, 0.6) is 0 Å². The molecule has 2 aromatic heterocycles. The van der Waals surface area contributed by atoms with Crippen molar-refractivity contribution in [3.63, 3.8) is 0 Å². The molecule has 3 aromatic rings. The summed E-state index contributed by atoms with van der Waals surface area (Å²) in [5.74, 6) is 0.523. The third-order valence-electron chi connectivity index (χ3n) is 3.31. The van der Waals surface area contributed by atoms with Gasteiger partial charge in [0.05, 0.1) is 10.2 Å². The van der Waals surface area contributed by atoms with Gasteiger partial charge in [0.25, 0.3) is 0 Å². The molecule has 3 rings (SSSR count). The van der Waals surface area contributed by atoms with Crippen molar-refractivity contribution in [2.45, 2.75) is 0 Å². The minimum atomic E-state index is -2.52. The van der Waals surface area contributed by atoms with Crippen molar-refractivity contribution in [3.05, 3.63) is 45.7 Å². The van der Waals surface area contributed by atoms with Crippen LogP contribution in [0.15, 0.2) is 40.4 Å². The lowest BCUT2D eigenvalue weighted by molar-refractivity contribution is 0.588. The molecular formula is C15H13BrClN4OPS. The maximum atomic E-state index is 12.8. The van der Waals surface area contributed by atoms with Crippen LogP contribution in [0.25, 0.3) is 11.1 Å². The Hall–Kier alpha value is -1.27. The highest BCUT2D eigenvalue weighted by Crippen LogP contribution is 2.40. The van der Waals surface area contributed by atoms with E-state index in [2.05, 4.69) is 35.6 Å². The third-order valence-corrected chi connectivity index (χ3v) is 6.19. The average molecular weight is 444 g/mol. The summed E-state index contributed by atoms with van der Waals surface area (Å²) in [7, 11) is -2.52. The van der Waals surface area contributed by atoms with Crippen LogP contribution in [-0.4, -0.2) is 27.7 Å². The molecule has 124 valence electrons. The number of rotatable bonds is 4.